The van der Waals surface area contributed by atoms with Gasteiger partial charge in [-0.15, -0.1) is 0 Å². The van der Waals surface area contributed by atoms with Crippen molar-refractivity contribution in [2.75, 3.05) is 17.6 Å². The van der Waals surface area contributed by atoms with E-state index in [1.807, 2.05) is 0 Å². The number of carbonyl (C=O) groups excluding carboxylic acids is 1. The second-order valence-corrected chi connectivity index (χ2v) is 5.17. The molecule has 1 fully saturated rings. The van der Waals surface area contributed by atoms with Crippen molar-refractivity contribution in [1.82, 2.24) is 5.32 Å². The summed E-state index contributed by atoms with van der Waals surface area (Å²) in [6.07, 6.45) is -1.64. The van der Waals surface area contributed by atoms with E-state index < -0.39 is 11.7 Å². The summed E-state index contributed by atoms with van der Waals surface area (Å²) in [5.74, 6) is -0.0485. The Morgan fingerprint density at radius 2 is 2.05 bits per heavy atom. The zero-order chi connectivity index (χ0) is 15.5. The van der Waals surface area contributed by atoms with Crippen molar-refractivity contribution in [2.45, 2.75) is 37.9 Å². The number of alkyl halides is 3. The lowest BCUT2D eigenvalue weighted by Crippen LogP contribution is -2.25. The molecule has 0 heterocycles. The fourth-order valence-electron chi connectivity index (χ4n) is 1.95. The summed E-state index contributed by atoms with van der Waals surface area (Å²) in [7, 11) is 0. The Morgan fingerprint density at radius 3 is 2.67 bits per heavy atom. The van der Waals surface area contributed by atoms with Crippen molar-refractivity contribution in [3.8, 4) is 0 Å². The third kappa shape index (κ3) is 4.84. The number of anilines is 2. The van der Waals surface area contributed by atoms with E-state index in [1.165, 1.54) is 12.1 Å². The maximum absolute atomic E-state index is 12.9. The van der Waals surface area contributed by atoms with Gasteiger partial charge < -0.3 is 16.4 Å². The van der Waals surface area contributed by atoms with E-state index in [9.17, 15) is 18.0 Å². The highest BCUT2D eigenvalue weighted by molar-refractivity contribution is 5.76. The summed E-state index contributed by atoms with van der Waals surface area (Å²) in [4.78, 5) is 11.4. The molecule has 2 rings (SSSR count). The van der Waals surface area contributed by atoms with Crippen LogP contribution in [0, 0.1) is 0 Å². The van der Waals surface area contributed by atoms with Crippen LogP contribution in [0.4, 0.5) is 24.5 Å². The molecule has 116 valence electrons. The highest BCUT2D eigenvalue weighted by atomic mass is 19.4. The number of nitrogens with one attached hydrogen (secondary N) is 2. The molecule has 0 atom stereocenters. The first-order valence-corrected chi connectivity index (χ1v) is 6.86. The molecular formula is C14H18F3N3O. The van der Waals surface area contributed by atoms with Crippen molar-refractivity contribution >= 4 is 17.3 Å². The van der Waals surface area contributed by atoms with Crippen LogP contribution < -0.4 is 16.4 Å². The summed E-state index contributed by atoms with van der Waals surface area (Å²) >= 11 is 0. The predicted octanol–water partition coefficient (Wildman–Crippen LogP) is 2.76. The number of hydrogen-bond donors (Lipinski definition) is 3. The van der Waals surface area contributed by atoms with Gasteiger partial charge in [0, 0.05) is 30.4 Å². The van der Waals surface area contributed by atoms with E-state index in [0.29, 0.717) is 25.4 Å². The van der Waals surface area contributed by atoms with Gasteiger partial charge in [-0.25, -0.2) is 0 Å². The predicted molar refractivity (Wildman–Crippen MR) is 74.7 cm³/mol. The van der Waals surface area contributed by atoms with Crippen molar-refractivity contribution in [3.63, 3.8) is 0 Å². The van der Waals surface area contributed by atoms with E-state index in [1.54, 1.807) is 0 Å². The summed E-state index contributed by atoms with van der Waals surface area (Å²) in [5.41, 5.74) is 4.66. The SMILES string of the molecule is Nc1ccc(NCCCC(=O)NC2CC2)c(C(F)(F)F)c1. The first-order chi connectivity index (χ1) is 9.86. The molecule has 1 aromatic rings. The molecule has 1 aromatic carbocycles. The molecule has 0 saturated heterocycles. The number of nitrogens with two attached hydrogens (primary N) is 1. The quantitative estimate of drug-likeness (QED) is 0.559. The van der Waals surface area contributed by atoms with Crippen molar-refractivity contribution in [2.24, 2.45) is 0 Å². The molecule has 0 spiro atoms. The fourth-order valence-corrected chi connectivity index (χ4v) is 1.95. The van der Waals surface area contributed by atoms with Crippen LogP contribution in [-0.2, 0) is 11.0 Å². The smallest absolute Gasteiger partial charge is 0.399 e. The maximum atomic E-state index is 12.9. The van der Waals surface area contributed by atoms with E-state index in [4.69, 9.17) is 5.73 Å². The molecule has 7 heteroatoms. The van der Waals surface area contributed by atoms with Gasteiger partial charge in [0.1, 0.15) is 0 Å². The number of nitrogen functional groups attached to an aromatic ring is 1. The molecule has 0 aromatic heterocycles. The number of rotatable bonds is 6. The molecule has 1 aliphatic carbocycles. The lowest BCUT2D eigenvalue weighted by molar-refractivity contribution is -0.137. The average Bonchev–Trinajstić information content (AvgIpc) is 3.18. The minimum Gasteiger partial charge on any atom is -0.399 e. The molecule has 1 aliphatic rings. The van der Waals surface area contributed by atoms with Gasteiger partial charge in [-0.1, -0.05) is 0 Å². The van der Waals surface area contributed by atoms with Gasteiger partial charge in [0.2, 0.25) is 5.91 Å². The Bertz CT molecular complexity index is 513. The van der Waals surface area contributed by atoms with Gasteiger partial charge in [-0.2, -0.15) is 13.2 Å². The van der Waals surface area contributed by atoms with Crippen LogP contribution in [0.25, 0.3) is 0 Å². The number of amides is 1. The minimum atomic E-state index is -4.46. The van der Waals surface area contributed by atoms with Crippen molar-refractivity contribution in [1.29, 1.82) is 0 Å². The Morgan fingerprint density at radius 1 is 1.33 bits per heavy atom. The van der Waals surface area contributed by atoms with Crippen LogP contribution in [0.1, 0.15) is 31.2 Å². The van der Waals surface area contributed by atoms with Crippen LogP contribution in [0.3, 0.4) is 0 Å². The van der Waals surface area contributed by atoms with E-state index in [2.05, 4.69) is 10.6 Å². The second kappa shape index (κ2) is 6.24. The second-order valence-electron chi connectivity index (χ2n) is 5.17. The highest BCUT2D eigenvalue weighted by Gasteiger charge is 2.33. The molecule has 0 bridgehead atoms. The number of hydrogen-bond acceptors (Lipinski definition) is 3. The number of carbonyl (C=O) groups is 1. The minimum absolute atomic E-state index is 0.0145. The van der Waals surface area contributed by atoms with Crippen LogP contribution >= 0.6 is 0 Å². The Kier molecular flexibility index (Phi) is 4.59. The molecule has 0 radical (unpaired) electrons. The van der Waals surface area contributed by atoms with Crippen molar-refractivity contribution in [3.05, 3.63) is 23.8 Å². The van der Waals surface area contributed by atoms with Crippen LogP contribution in [0.15, 0.2) is 18.2 Å². The van der Waals surface area contributed by atoms with Crippen LogP contribution in [0.2, 0.25) is 0 Å². The molecule has 4 nitrogen and oxygen atoms in total. The van der Waals surface area contributed by atoms with E-state index in [0.717, 1.165) is 18.9 Å². The topological polar surface area (TPSA) is 67.1 Å². The third-order valence-corrected chi connectivity index (χ3v) is 3.19. The highest BCUT2D eigenvalue weighted by Crippen LogP contribution is 2.36. The lowest BCUT2D eigenvalue weighted by Gasteiger charge is -2.15. The third-order valence-electron chi connectivity index (χ3n) is 3.19. The normalized spacial score (nSPS) is 14.8. The molecule has 4 N–H and O–H groups in total. The average molecular weight is 301 g/mol. The van der Waals surface area contributed by atoms with Crippen LogP contribution in [-0.4, -0.2) is 18.5 Å². The maximum Gasteiger partial charge on any atom is 0.418 e. The van der Waals surface area contributed by atoms with Gasteiger partial charge in [-0.05, 0) is 37.5 Å². The first-order valence-electron chi connectivity index (χ1n) is 6.86. The van der Waals surface area contributed by atoms with Gasteiger partial charge in [0.25, 0.3) is 0 Å². The summed E-state index contributed by atoms with van der Waals surface area (Å²) in [6, 6.07) is 3.93. The molecule has 1 saturated carbocycles. The molecular weight excluding hydrogens is 283 g/mol. The summed E-state index contributed by atoms with van der Waals surface area (Å²) < 4.78 is 38.6. The molecule has 0 aliphatic heterocycles. The molecule has 1 amide bonds. The van der Waals surface area contributed by atoms with Gasteiger partial charge >= 0.3 is 6.18 Å². The first kappa shape index (κ1) is 15.5. The van der Waals surface area contributed by atoms with Gasteiger partial charge in [0.15, 0.2) is 0 Å². The number of benzene rings is 1. The zero-order valence-electron chi connectivity index (χ0n) is 11.5. The molecule has 21 heavy (non-hydrogen) atoms. The Balaban J connectivity index is 1.83. The lowest BCUT2D eigenvalue weighted by atomic mass is 10.1. The Labute approximate surface area is 120 Å². The Hall–Kier alpha value is -1.92. The summed E-state index contributed by atoms with van der Waals surface area (Å²) in [6.45, 7) is 0.297. The molecule has 0 unspecified atom stereocenters. The monoisotopic (exact) mass is 301 g/mol. The standard InChI is InChI=1S/C14H18F3N3O/c15-14(16,17)11-8-9(18)3-6-12(11)19-7-1-2-13(21)20-10-4-5-10/h3,6,8,10,19H,1-2,4-5,7,18H2,(H,20,21). The number of halogens is 3. The van der Waals surface area contributed by atoms with Gasteiger partial charge in [-0.3, -0.25) is 4.79 Å². The fraction of sp³-hybridized carbons (Fsp3) is 0.500. The van der Waals surface area contributed by atoms with E-state index >= 15 is 0 Å². The van der Waals surface area contributed by atoms with E-state index in [-0.39, 0.29) is 17.3 Å². The largest absolute Gasteiger partial charge is 0.418 e. The summed E-state index contributed by atoms with van der Waals surface area (Å²) in [5, 5.41) is 5.55. The van der Waals surface area contributed by atoms with Crippen LogP contribution in [0.5, 0.6) is 0 Å². The zero-order valence-corrected chi connectivity index (χ0v) is 11.5. The van der Waals surface area contributed by atoms with Crippen molar-refractivity contribution < 1.29 is 18.0 Å². The van der Waals surface area contributed by atoms with Gasteiger partial charge in [0.05, 0.1) is 5.56 Å².